The van der Waals surface area contributed by atoms with Gasteiger partial charge in [0.15, 0.2) is 5.69 Å². The van der Waals surface area contributed by atoms with Crippen LogP contribution < -0.4 is 0 Å². The maximum absolute atomic E-state index is 13.2. The van der Waals surface area contributed by atoms with Gasteiger partial charge in [-0.1, -0.05) is 13.8 Å². The molecule has 4 nitrogen and oxygen atoms in total. The van der Waals surface area contributed by atoms with E-state index >= 15 is 0 Å². The van der Waals surface area contributed by atoms with Gasteiger partial charge in [-0.15, -0.1) is 0 Å². The van der Waals surface area contributed by atoms with Gasteiger partial charge in [-0.2, -0.15) is 18.3 Å². The van der Waals surface area contributed by atoms with Crippen molar-refractivity contribution in [2.24, 2.45) is 13.0 Å². The number of piperidine rings is 1. The fraction of sp³-hybridized carbons (Fsp3) is 0.812. The van der Waals surface area contributed by atoms with Crippen molar-refractivity contribution in [1.82, 2.24) is 19.6 Å². The van der Waals surface area contributed by atoms with Gasteiger partial charge in [0.2, 0.25) is 0 Å². The van der Waals surface area contributed by atoms with Gasteiger partial charge in [0.25, 0.3) is 0 Å². The number of hydrogen-bond acceptors (Lipinski definition) is 3. The monoisotopic (exact) mass is 332 g/mol. The molecular weight excluding hydrogens is 305 g/mol. The van der Waals surface area contributed by atoms with Crippen LogP contribution in [-0.4, -0.2) is 52.3 Å². The zero-order chi connectivity index (χ0) is 17.2. The molecule has 132 valence electrons. The summed E-state index contributed by atoms with van der Waals surface area (Å²) in [5, 5.41) is 3.63. The third-order valence-electron chi connectivity index (χ3n) is 4.35. The van der Waals surface area contributed by atoms with Crippen LogP contribution in [0.4, 0.5) is 13.2 Å². The van der Waals surface area contributed by atoms with Crippen molar-refractivity contribution in [3.63, 3.8) is 0 Å². The van der Waals surface area contributed by atoms with E-state index in [1.165, 1.54) is 10.9 Å². The first-order valence-electron chi connectivity index (χ1n) is 8.19. The first-order valence-corrected chi connectivity index (χ1v) is 8.19. The average Bonchev–Trinajstić information content (AvgIpc) is 2.79. The van der Waals surface area contributed by atoms with E-state index in [2.05, 4.69) is 35.8 Å². The van der Waals surface area contributed by atoms with Crippen LogP contribution >= 0.6 is 0 Å². The summed E-state index contributed by atoms with van der Waals surface area (Å²) in [7, 11) is 3.63. The Hall–Kier alpha value is -1.08. The van der Waals surface area contributed by atoms with Crippen LogP contribution in [0.2, 0.25) is 0 Å². The minimum atomic E-state index is -4.40. The van der Waals surface area contributed by atoms with Crippen molar-refractivity contribution < 1.29 is 13.2 Å². The normalized spacial score (nSPS) is 18.3. The highest BCUT2D eigenvalue weighted by atomic mass is 19.4. The van der Waals surface area contributed by atoms with Gasteiger partial charge in [-0.25, -0.2) is 0 Å². The topological polar surface area (TPSA) is 24.3 Å². The first kappa shape index (κ1) is 18.3. The molecule has 1 aliphatic heterocycles. The third-order valence-corrected chi connectivity index (χ3v) is 4.35. The number of aryl methyl sites for hydroxylation is 1. The summed E-state index contributed by atoms with van der Waals surface area (Å²) in [5.74, 6) is 0.417. The predicted octanol–water partition coefficient (Wildman–Crippen LogP) is 2.99. The van der Waals surface area contributed by atoms with Gasteiger partial charge in [0.05, 0.1) is 0 Å². The first-order chi connectivity index (χ1) is 10.7. The Balaban J connectivity index is 2.18. The summed E-state index contributed by atoms with van der Waals surface area (Å²) in [5.41, 5.74) is -0.471. The Labute approximate surface area is 136 Å². The van der Waals surface area contributed by atoms with Crippen LogP contribution in [0.3, 0.4) is 0 Å². The molecule has 0 aliphatic carbocycles. The van der Waals surface area contributed by atoms with Crippen molar-refractivity contribution in [3.8, 4) is 0 Å². The molecule has 1 aromatic rings. The van der Waals surface area contributed by atoms with Gasteiger partial charge in [-0.3, -0.25) is 9.58 Å². The van der Waals surface area contributed by atoms with Gasteiger partial charge < -0.3 is 4.90 Å². The lowest BCUT2D eigenvalue weighted by molar-refractivity contribution is -0.142. The molecule has 0 aromatic carbocycles. The van der Waals surface area contributed by atoms with E-state index in [-0.39, 0.29) is 5.56 Å². The van der Waals surface area contributed by atoms with Crippen molar-refractivity contribution >= 4 is 0 Å². The SMILES string of the molecule is CC(C)CN(Cc1cn(C)nc1C(F)(F)F)C1CCN(C)CC1. The van der Waals surface area contributed by atoms with E-state index in [9.17, 15) is 13.2 Å². The molecule has 0 radical (unpaired) electrons. The number of likely N-dealkylation sites (tertiary alicyclic amines) is 1. The number of alkyl halides is 3. The van der Waals surface area contributed by atoms with Gasteiger partial charge in [0.1, 0.15) is 0 Å². The minimum Gasteiger partial charge on any atom is -0.306 e. The van der Waals surface area contributed by atoms with Gasteiger partial charge in [0, 0.05) is 37.9 Å². The lowest BCUT2D eigenvalue weighted by Crippen LogP contribution is -2.44. The molecule has 1 aliphatic rings. The molecule has 2 heterocycles. The molecule has 0 amide bonds. The Kier molecular flexibility index (Phi) is 5.73. The molecule has 7 heteroatoms. The minimum absolute atomic E-state index is 0.277. The standard InChI is InChI=1S/C16H27F3N4/c1-12(2)9-23(14-5-7-21(3)8-6-14)11-13-10-22(4)20-15(13)16(17,18)19/h10,12,14H,5-9,11H2,1-4H3. The summed E-state index contributed by atoms with van der Waals surface area (Å²) in [6, 6.07) is 0.342. The van der Waals surface area contributed by atoms with Gasteiger partial charge in [-0.05, 0) is 38.9 Å². The molecule has 0 bridgehead atoms. The molecular formula is C16H27F3N4. The molecule has 1 saturated heterocycles. The van der Waals surface area contributed by atoms with E-state index in [0.717, 1.165) is 32.5 Å². The molecule has 0 spiro atoms. The van der Waals surface area contributed by atoms with Crippen molar-refractivity contribution in [3.05, 3.63) is 17.5 Å². The van der Waals surface area contributed by atoms with E-state index in [1.54, 1.807) is 7.05 Å². The van der Waals surface area contributed by atoms with E-state index in [0.29, 0.717) is 18.5 Å². The molecule has 1 fully saturated rings. The Morgan fingerprint density at radius 2 is 1.87 bits per heavy atom. The largest absolute Gasteiger partial charge is 0.435 e. The van der Waals surface area contributed by atoms with Gasteiger partial charge >= 0.3 is 6.18 Å². The lowest BCUT2D eigenvalue weighted by Gasteiger charge is -2.38. The molecule has 0 unspecified atom stereocenters. The van der Waals surface area contributed by atoms with Crippen molar-refractivity contribution in [2.75, 3.05) is 26.7 Å². The maximum atomic E-state index is 13.2. The fourth-order valence-corrected chi connectivity index (χ4v) is 3.28. The molecule has 2 rings (SSSR count). The summed E-state index contributed by atoms with van der Waals surface area (Å²) in [6.07, 6.45) is -0.881. The Bertz CT molecular complexity index is 502. The quantitative estimate of drug-likeness (QED) is 0.828. The van der Waals surface area contributed by atoms with Crippen LogP contribution in [-0.2, 0) is 19.8 Å². The second-order valence-electron chi connectivity index (χ2n) is 7.03. The summed E-state index contributed by atoms with van der Waals surface area (Å²) in [4.78, 5) is 4.49. The molecule has 1 aromatic heterocycles. The average molecular weight is 332 g/mol. The number of halogens is 3. The number of aromatic nitrogens is 2. The fourth-order valence-electron chi connectivity index (χ4n) is 3.28. The molecule has 0 N–H and O–H groups in total. The van der Waals surface area contributed by atoms with Crippen LogP contribution in [0.1, 0.15) is 37.9 Å². The highest BCUT2D eigenvalue weighted by molar-refractivity contribution is 5.20. The highest BCUT2D eigenvalue weighted by Gasteiger charge is 2.37. The van der Waals surface area contributed by atoms with Crippen LogP contribution in [0, 0.1) is 5.92 Å². The second kappa shape index (κ2) is 7.21. The number of nitrogens with zero attached hydrogens (tertiary/aromatic N) is 4. The van der Waals surface area contributed by atoms with Crippen LogP contribution in [0.15, 0.2) is 6.20 Å². The van der Waals surface area contributed by atoms with Crippen LogP contribution in [0.5, 0.6) is 0 Å². The Morgan fingerprint density at radius 1 is 1.26 bits per heavy atom. The Morgan fingerprint density at radius 3 is 2.39 bits per heavy atom. The predicted molar refractivity (Wildman–Crippen MR) is 84.0 cm³/mol. The molecule has 0 saturated carbocycles. The third kappa shape index (κ3) is 4.94. The van der Waals surface area contributed by atoms with E-state index in [4.69, 9.17) is 0 Å². The van der Waals surface area contributed by atoms with Crippen molar-refractivity contribution in [2.45, 2.75) is 45.5 Å². The number of rotatable bonds is 5. The zero-order valence-electron chi connectivity index (χ0n) is 14.4. The zero-order valence-corrected chi connectivity index (χ0v) is 14.4. The smallest absolute Gasteiger partial charge is 0.306 e. The summed E-state index contributed by atoms with van der Waals surface area (Å²) in [6.45, 7) is 7.33. The highest BCUT2D eigenvalue weighted by Crippen LogP contribution is 2.32. The molecule has 0 atom stereocenters. The maximum Gasteiger partial charge on any atom is 0.435 e. The number of hydrogen-bond donors (Lipinski definition) is 0. The van der Waals surface area contributed by atoms with Crippen LogP contribution in [0.25, 0.3) is 0 Å². The lowest BCUT2D eigenvalue weighted by atomic mass is 10.0. The second-order valence-corrected chi connectivity index (χ2v) is 7.03. The summed E-state index contributed by atoms with van der Waals surface area (Å²) >= 11 is 0. The summed E-state index contributed by atoms with van der Waals surface area (Å²) < 4.78 is 40.8. The van der Waals surface area contributed by atoms with Crippen molar-refractivity contribution in [1.29, 1.82) is 0 Å². The van der Waals surface area contributed by atoms with E-state index in [1.807, 2.05) is 0 Å². The molecule has 23 heavy (non-hydrogen) atoms. The van der Waals surface area contributed by atoms with E-state index < -0.39 is 11.9 Å².